The number of aliphatic carboxylic acids is 1. The number of carboxylic acid groups (broad SMARTS) is 1. The van der Waals surface area contributed by atoms with Gasteiger partial charge in [0.2, 0.25) is 0 Å². The summed E-state index contributed by atoms with van der Waals surface area (Å²) in [5.41, 5.74) is 3.24. The van der Waals surface area contributed by atoms with E-state index in [0.29, 0.717) is 12.4 Å². The van der Waals surface area contributed by atoms with Crippen molar-refractivity contribution < 1.29 is 19.4 Å². The minimum absolute atomic E-state index is 0.0374. The van der Waals surface area contributed by atoms with Gasteiger partial charge in [0.15, 0.2) is 0 Å². The lowest BCUT2D eigenvalue weighted by Gasteiger charge is -2.16. The Kier molecular flexibility index (Phi) is 6.06. The molecule has 26 heavy (non-hydrogen) atoms. The fraction of sp³-hybridized carbons (Fsp3) is 0.350. The molecule has 0 radical (unpaired) electrons. The molecule has 0 aromatic heterocycles. The second kappa shape index (κ2) is 8.47. The first kappa shape index (κ1) is 18.6. The zero-order chi connectivity index (χ0) is 18.5. The van der Waals surface area contributed by atoms with Crippen molar-refractivity contribution in [2.45, 2.75) is 31.4 Å². The molecule has 0 amide bonds. The van der Waals surface area contributed by atoms with Crippen LogP contribution in [0.25, 0.3) is 0 Å². The molecule has 1 fully saturated rings. The smallest absolute Gasteiger partial charge is 0.321 e. The Morgan fingerprint density at radius 1 is 1.27 bits per heavy atom. The first-order valence-electron chi connectivity index (χ1n) is 8.59. The van der Waals surface area contributed by atoms with Gasteiger partial charge < -0.3 is 14.6 Å². The van der Waals surface area contributed by atoms with Crippen molar-refractivity contribution in [1.29, 1.82) is 0 Å². The standard InChI is InChI=1S/C20H23NO4S/c1-3-13-4-7-16(8-5-13)25-11-15-10-14(6-9-18(15)24-2)19-21-17(12-26-19)20(22)23/h4-10,17,19,21H,3,11-12H2,1-2H3,(H,22,23). The molecule has 5 nitrogen and oxygen atoms in total. The van der Waals surface area contributed by atoms with Crippen molar-refractivity contribution in [1.82, 2.24) is 5.32 Å². The zero-order valence-corrected chi connectivity index (χ0v) is 15.7. The van der Waals surface area contributed by atoms with E-state index in [1.54, 1.807) is 18.9 Å². The van der Waals surface area contributed by atoms with Crippen LogP contribution in [0.4, 0.5) is 0 Å². The van der Waals surface area contributed by atoms with E-state index in [2.05, 4.69) is 24.4 Å². The van der Waals surface area contributed by atoms with Gasteiger partial charge in [-0.25, -0.2) is 0 Å². The molecular formula is C20H23NO4S. The van der Waals surface area contributed by atoms with Gasteiger partial charge in [-0.2, -0.15) is 0 Å². The number of nitrogens with one attached hydrogen (secondary N) is 1. The van der Waals surface area contributed by atoms with Crippen LogP contribution in [-0.2, 0) is 17.8 Å². The minimum Gasteiger partial charge on any atom is -0.496 e. The van der Waals surface area contributed by atoms with Gasteiger partial charge in [-0.15, -0.1) is 11.8 Å². The quantitative estimate of drug-likeness (QED) is 0.773. The Morgan fingerprint density at radius 3 is 2.65 bits per heavy atom. The summed E-state index contributed by atoms with van der Waals surface area (Å²) in [5.74, 6) is 1.32. The maximum Gasteiger partial charge on any atom is 0.321 e. The molecule has 1 aliphatic rings. The molecule has 6 heteroatoms. The Bertz CT molecular complexity index is 763. The predicted molar refractivity (Wildman–Crippen MR) is 103 cm³/mol. The Balaban J connectivity index is 1.72. The Labute approximate surface area is 157 Å². The molecular weight excluding hydrogens is 350 g/mol. The number of ether oxygens (including phenoxy) is 2. The molecule has 0 bridgehead atoms. The Hall–Kier alpha value is -2.18. The van der Waals surface area contributed by atoms with Gasteiger partial charge >= 0.3 is 5.97 Å². The van der Waals surface area contributed by atoms with Crippen LogP contribution in [0.5, 0.6) is 11.5 Å². The lowest BCUT2D eigenvalue weighted by Crippen LogP contribution is -2.33. The van der Waals surface area contributed by atoms with Crippen molar-refractivity contribution in [2.24, 2.45) is 0 Å². The molecule has 0 aliphatic carbocycles. The Morgan fingerprint density at radius 2 is 2.04 bits per heavy atom. The van der Waals surface area contributed by atoms with E-state index < -0.39 is 12.0 Å². The average molecular weight is 373 g/mol. The SMILES string of the molecule is CCc1ccc(OCc2cc(C3NC(C(=O)O)CS3)ccc2OC)cc1. The van der Waals surface area contributed by atoms with Crippen LogP contribution >= 0.6 is 11.8 Å². The predicted octanol–water partition coefficient (Wildman–Crippen LogP) is 3.62. The first-order chi connectivity index (χ1) is 12.6. The molecule has 1 aliphatic heterocycles. The van der Waals surface area contributed by atoms with Gasteiger partial charge in [-0.1, -0.05) is 25.1 Å². The number of methoxy groups -OCH3 is 1. The molecule has 2 aromatic carbocycles. The number of carbonyl (C=O) groups is 1. The highest BCUT2D eigenvalue weighted by atomic mass is 32.2. The van der Waals surface area contributed by atoms with Crippen LogP contribution in [-0.4, -0.2) is 30.0 Å². The van der Waals surface area contributed by atoms with Gasteiger partial charge in [0.1, 0.15) is 24.1 Å². The van der Waals surface area contributed by atoms with E-state index >= 15 is 0 Å². The summed E-state index contributed by atoms with van der Waals surface area (Å²) in [6.45, 7) is 2.51. The highest BCUT2D eigenvalue weighted by Crippen LogP contribution is 2.35. The van der Waals surface area contributed by atoms with E-state index in [1.165, 1.54) is 5.56 Å². The lowest BCUT2D eigenvalue weighted by molar-refractivity contribution is -0.138. The maximum atomic E-state index is 11.1. The summed E-state index contributed by atoms with van der Waals surface area (Å²) in [7, 11) is 1.64. The van der Waals surface area contributed by atoms with Crippen molar-refractivity contribution in [3.8, 4) is 11.5 Å². The molecule has 2 N–H and O–H groups in total. The molecule has 2 atom stereocenters. The van der Waals surface area contributed by atoms with Gasteiger partial charge in [0.05, 0.1) is 12.5 Å². The van der Waals surface area contributed by atoms with Crippen LogP contribution < -0.4 is 14.8 Å². The lowest BCUT2D eigenvalue weighted by atomic mass is 10.1. The van der Waals surface area contributed by atoms with E-state index in [4.69, 9.17) is 14.6 Å². The normalized spacial score (nSPS) is 19.3. The van der Waals surface area contributed by atoms with Gasteiger partial charge in [-0.3, -0.25) is 10.1 Å². The van der Waals surface area contributed by atoms with Crippen molar-refractivity contribution in [3.05, 3.63) is 59.2 Å². The summed E-state index contributed by atoms with van der Waals surface area (Å²) in [6, 6.07) is 13.5. The summed E-state index contributed by atoms with van der Waals surface area (Å²) in [6.07, 6.45) is 1.000. The second-order valence-electron chi connectivity index (χ2n) is 6.13. The molecule has 2 unspecified atom stereocenters. The molecule has 3 rings (SSSR count). The molecule has 0 spiro atoms. The number of benzene rings is 2. The molecule has 1 heterocycles. The fourth-order valence-electron chi connectivity index (χ4n) is 2.86. The van der Waals surface area contributed by atoms with E-state index in [-0.39, 0.29) is 5.37 Å². The van der Waals surface area contributed by atoms with Crippen molar-refractivity contribution in [2.75, 3.05) is 12.9 Å². The van der Waals surface area contributed by atoms with E-state index in [1.807, 2.05) is 30.3 Å². The van der Waals surface area contributed by atoms with Crippen LogP contribution in [0.15, 0.2) is 42.5 Å². The van der Waals surface area contributed by atoms with Crippen LogP contribution in [0, 0.1) is 0 Å². The number of aryl methyl sites for hydroxylation is 1. The van der Waals surface area contributed by atoms with Crippen molar-refractivity contribution in [3.63, 3.8) is 0 Å². The third-order valence-corrected chi connectivity index (χ3v) is 5.68. The minimum atomic E-state index is -0.812. The monoisotopic (exact) mass is 373 g/mol. The summed E-state index contributed by atoms with van der Waals surface area (Å²) in [5, 5.41) is 12.2. The topological polar surface area (TPSA) is 67.8 Å². The summed E-state index contributed by atoms with van der Waals surface area (Å²) < 4.78 is 11.4. The third-order valence-electron chi connectivity index (χ3n) is 4.41. The van der Waals surface area contributed by atoms with Gasteiger partial charge in [0, 0.05) is 11.3 Å². The zero-order valence-electron chi connectivity index (χ0n) is 14.9. The summed E-state index contributed by atoms with van der Waals surface area (Å²) >= 11 is 1.60. The molecule has 138 valence electrons. The highest BCUT2D eigenvalue weighted by Gasteiger charge is 2.30. The van der Waals surface area contributed by atoms with E-state index in [9.17, 15) is 4.79 Å². The van der Waals surface area contributed by atoms with Crippen LogP contribution in [0.3, 0.4) is 0 Å². The van der Waals surface area contributed by atoms with Crippen LogP contribution in [0.2, 0.25) is 0 Å². The largest absolute Gasteiger partial charge is 0.496 e. The number of carboxylic acids is 1. The maximum absolute atomic E-state index is 11.1. The molecule has 0 saturated carbocycles. The summed E-state index contributed by atoms with van der Waals surface area (Å²) in [4.78, 5) is 11.1. The first-order valence-corrected chi connectivity index (χ1v) is 9.64. The molecule has 2 aromatic rings. The average Bonchev–Trinajstić information content (AvgIpc) is 3.17. The number of rotatable bonds is 7. The van der Waals surface area contributed by atoms with Crippen molar-refractivity contribution >= 4 is 17.7 Å². The van der Waals surface area contributed by atoms with E-state index in [0.717, 1.165) is 29.0 Å². The second-order valence-corrected chi connectivity index (χ2v) is 7.27. The van der Waals surface area contributed by atoms with Crippen LogP contribution in [0.1, 0.15) is 29.0 Å². The number of thioether (sulfide) groups is 1. The highest BCUT2D eigenvalue weighted by molar-refractivity contribution is 7.99. The van der Waals surface area contributed by atoms with Gasteiger partial charge in [0.25, 0.3) is 0 Å². The third kappa shape index (κ3) is 4.31. The molecule has 1 saturated heterocycles. The fourth-order valence-corrected chi connectivity index (χ4v) is 4.09. The van der Waals surface area contributed by atoms with Gasteiger partial charge in [-0.05, 0) is 41.8 Å². The number of hydrogen-bond acceptors (Lipinski definition) is 5. The number of hydrogen-bond donors (Lipinski definition) is 2.